The van der Waals surface area contributed by atoms with Crippen molar-refractivity contribution in [3.63, 3.8) is 0 Å². The summed E-state index contributed by atoms with van der Waals surface area (Å²) in [6, 6.07) is 4.70. The molecule has 0 saturated heterocycles. The average Bonchev–Trinajstić information content (AvgIpc) is 3.04. The quantitative estimate of drug-likeness (QED) is 0.686. The lowest BCUT2D eigenvalue weighted by atomic mass is 10.1. The molecule has 9 heteroatoms. The molecule has 0 amide bonds. The standard InChI is InChI=1S/C16H18N4O4S/c1-19(2)25(21,22)11-5-6-12(14(9-11)23-3)13-10-20-8-7-17-16(24-4)15(20)18-13/h5-10H,1-4H3. The van der Waals surface area contributed by atoms with Crippen molar-refractivity contribution in [3.05, 3.63) is 36.8 Å². The number of benzene rings is 1. The van der Waals surface area contributed by atoms with E-state index in [1.807, 2.05) is 0 Å². The van der Waals surface area contributed by atoms with Gasteiger partial charge in [0.15, 0.2) is 0 Å². The van der Waals surface area contributed by atoms with Gasteiger partial charge >= 0.3 is 0 Å². The minimum absolute atomic E-state index is 0.154. The van der Waals surface area contributed by atoms with Crippen molar-refractivity contribution in [1.29, 1.82) is 0 Å². The third kappa shape index (κ3) is 2.92. The van der Waals surface area contributed by atoms with Crippen LogP contribution in [0, 0.1) is 0 Å². The highest BCUT2D eigenvalue weighted by atomic mass is 32.2. The van der Waals surface area contributed by atoms with Crippen LogP contribution in [0.15, 0.2) is 41.7 Å². The molecule has 25 heavy (non-hydrogen) atoms. The zero-order valence-corrected chi connectivity index (χ0v) is 15.1. The molecule has 0 fully saturated rings. The lowest BCUT2D eigenvalue weighted by molar-refractivity contribution is 0.400. The normalized spacial score (nSPS) is 11.9. The number of hydrogen-bond donors (Lipinski definition) is 0. The Morgan fingerprint density at radius 3 is 2.56 bits per heavy atom. The van der Waals surface area contributed by atoms with E-state index in [-0.39, 0.29) is 4.90 Å². The Morgan fingerprint density at radius 2 is 1.92 bits per heavy atom. The van der Waals surface area contributed by atoms with E-state index in [1.165, 1.54) is 40.4 Å². The molecule has 1 aromatic carbocycles. The first-order valence-corrected chi connectivity index (χ1v) is 8.81. The van der Waals surface area contributed by atoms with Gasteiger partial charge in [0.2, 0.25) is 15.7 Å². The number of nitrogens with zero attached hydrogens (tertiary/aromatic N) is 4. The summed E-state index contributed by atoms with van der Waals surface area (Å²) in [5.41, 5.74) is 1.86. The number of aromatic nitrogens is 3. The second-order valence-corrected chi connectivity index (χ2v) is 7.59. The molecule has 0 aliphatic carbocycles. The van der Waals surface area contributed by atoms with Gasteiger partial charge in [0.05, 0.1) is 24.8 Å². The summed E-state index contributed by atoms with van der Waals surface area (Å²) in [6.07, 6.45) is 5.17. The highest BCUT2D eigenvalue weighted by Crippen LogP contribution is 2.33. The second-order valence-electron chi connectivity index (χ2n) is 5.44. The molecule has 132 valence electrons. The Kier molecular flexibility index (Phi) is 4.36. The fraction of sp³-hybridized carbons (Fsp3) is 0.250. The zero-order valence-electron chi connectivity index (χ0n) is 14.3. The Hall–Kier alpha value is -2.65. The lowest BCUT2D eigenvalue weighted by Crippen LogP contribution is -2.22. The topological polar surface area (TPSA) is 86.0 Å². The summed E-state index contributed by atoms with van der Waals surface area (Å²) >= 11 is 0. The zero-order chi connectivity index (χ0) is 18.2. The van der Waals surface area contributed by atoms with Crippen LogP contribution < -0.4 is 9.47 Å². The molecule has 0 unspecified atom stereocenters. The van der Waals surface area contributed by atoms with Gasteiger partial charge < -0.3 is 13.9 Å². The molecule has 0 aliphatic rings. The van der Waals surface area contributed by atoms with E-state index < -0.39 is 10.0 Å². The van der Waals surface area contributed by atoms with Crippen LogP contribution in [0.2, 0.25) is 0 Å². The minimum Gasteiger partial charge on any atom is -0.496 e. The first-order valence-electron chi connectivity index (χ1n) is 7.37. The molecule has 0 spiro atoms. The Morgan fingerprint density at radius 1 is 1.16 bits per heavy atom. The van der Waals surface area contributed by atoms with Gasteiger partial charge in [-0.05, 0) is 12.1 Å². The summed E-state index contributed by atoms with van der Waals surface area (Å²) in [7, 11) is 2.44. The van der Waals surface area contributed by atoms with Gasteiger partial charge in [0, 0.05) is 44.3 Å². The number of hydrogen-bond acceptors (Lipinski definition) is 6. The van der Waals surface area contributed by atoms with Crippen molar-refractivity contribution in [1.82, 2.24) is 18.7 Å². The predicted octanol–water partition coefficient (Wildman–Crippen LogP) is 1.66. The van der Waals surface area contributed by atoms with Crippen LogP contribution in [-0.4, -0.2) is 55.4 Å². The molecule has 0 N–H and O–H groups in total. The van der Waals surface area contributed by atoms with E-state index in [1.54, 1.807) is 29.1 Å². The van der Waals surface area contributed by atoms with Crippen molar-refractivity contribution in [2.24, 2.45) is 0 Å². The van der Waals surface area contributed by atoms with Gasteiger partial charge in [0.25, 0.3) is 5.88 Å². The van der Waals surface area contributed by atoms with Gasteiger partial charge in [-0.1, -0.05) is 0 Å². The number of rotatable bonds is 5. The van der Waals surface area contributed by atoms with Crippen LogP contribution in [0.5, 0.6) is 11.6 Å². The molecule has 0 aliphatic heterocycles. The fourth-order valence-corrected chi connectivity index (χ4v) is 3.34. The maximum Gasteiger partial charge on any atom is 0.258 e. The number of ether oxygens (including phenoxy) is 2. The molecule has 0 atom stereocenters. The van der Waals surface area contributed by atoms with Gasteiger partial charge in [-0.3, -0.25) is 0 Å². The molecule has 3 rings (SSSR count). The molecule has 3 aromatic rings. The Balaban J connectivity index is 2.15. The highest BCUT2D eigenvalue weighted by molar-refractivity contribution is 7.89. The van der Waals surface area contributed by atoms with Gasteiger partial charge in [-0.2, -0.15) is 0 Å². The molecular weight excluding hydrogens is 344 g/mol. The van der Waals surface area contributed by atoms with E-state index in [0.717, 1.165) is 4.31 Å². The summed E-state index contributed by atoms with van der Waals surface area (Å²) in [6.45, 7) is 0. The largest absolute Gasteiger partial charge is 0.496 e. The first kappa shape index (κ1) is 17.2. The van der Waals surface area contributed by atoms with Crippen molar-refractivity contribution in [2.75, 3.05) is 28.3 Å². The van der Waals surface area contributed by atoms with Crippen LogP contribution in [0.1, 0.15) is 0 Å². The van der Waals surface area contributed by atoms with Crippen LogP contribution in [-0.2, 0) is 10.0 Å². The molecule has 8 nitrogen and oxygen atoms in total. The number of methoxy groups -OCH3 is 2. The lowest BCUT2D eigenvalue weighted by Gasteiger charge is -2.13. The van der Waals surface area contributed by atoms with E-state index >= 15 is 0 Å². The molecule has 0 radical (unpaired) electrons. The van der Waals surface area contributed by atoms with E-state index in [4.69, 9.17) is 9.47 Å². The summed E-state index contributed by atoms with van der Waals surface area (Å²) in [5, 5.41) is 0. The molecular formula is C16H18N4O4S. The number of fused-ring (bicyclic) bond motifs is 1. The summed E-state index contributed by atoms with van der Waals surface area (Å²) < 4.78 is 38.1. The highest BCUT2D eigenvalue weighted by Gasteiger charge is 2.20. The Labute approximate surface area is 145 Å². The van der Waals surface area contributed by atoms with Crippen molar-refractivity contribution < 1.29 is 17.9 Å². The van der Waals surface area contributed by atoms with E-state index in [0.29, 0.717) is 28.5 Å². The molecule has 2 heterocycles. The fourth-order valence-electron chi connectivity index (χ4n) is 2.42. The van der Waals surface area contributed by atoms with Crippen molar-refractivity contribution in [2.45, 2.75) is 4.90 Å². The average molecular weight is 362 g/mol. The van der Waals surface area contributed by atoms with Gasteiger partial charge in [-0.25, -0.2) is 22.7 Å². The van der Waals surface area contributed by atoms with Gasteiger partial charge in [-0.15, -0.1) is 0 Å². The van der Waals surface area contributed by atoms with Gasteiger partial charge in [0.1, 0.15) is 5.75 Å². The van der Waals surface area contributed by atoms with Crippen LogP contribution in [0.3, 0.4) is 0 Å². The third-order valence-electron chi connectivity index (χ3n) is 3.76. The van der Waals surface area contributed by atoms with Crippen molar-refractivity contribution >= 4 is 15.7 Å². The SMILES string of the molecule is COc1cc(S(=O)(=O)N(C)C)ccc1-c1cn2ccnc(OC)c2n1. The molecule has 0 bridgehead atoms. The smallest absolute Gasteiger partial charge is 0.258 e. The van der Waals surface area contributed by atoms with Crippen molar-refractivity contribution in [3.8, 4) is 22.9 Å². The number of sulfonamides is 1. The molecule has 2 aromatic heterocycles. The van der Waals surface area contributed by atoms with Crippen LogP contribution in [0.4, 0.5) is 0 Å². The predicted molar refractivity (Wildman–Crippen MR) is 92.4 cm³/mol. The minimum atomic E-state index is -3.55. The van der Waals surface area contributed by atoms with Crippen LogP contribution in [0.25, 0.3) is 16.9 Å². The third-order valence-corrected chi connectivity index (χ3v) is 5.57. The molecule has 0 saturated carbocycles. The maximum absolute atomic E-state index is 12.3. The first-order chi connectivity index (χ1) is 11.9. The maximum atomic E-state index is 12.3. The summed E-state index contributed by atoms with van der Waals surface area (Å²) in [5.74, 6) is 0.817. The van der Waals surface area contributed by atoms with E-state index in [9.17, 15) is 8.42 Å². The van der Waals surface area contributed by atoms with Crippen LogP contribution >= 0.6 is 0 Å². The second kappa shape index (κ2) is 6.34. The number of imidazole rings is 1. The monoisotopic (exact) mass is 362 g/mol. The Bertz CT molecular complexity index is 1030. The van der Waals surface area contributed by atoms with E-state index in [2.05, 4.69) is 9.97 Å². The summed E-state index contributed by atoms with van der Waals surface area (Å²) in [4.78, 5) is 8.80.